The molecule has 1 unspecified atom stereocenters. The Morgan fingerprint density at radius 3 is 2.96 bits per heavy atom. The lowest BCUT2D eigenvalue weighted by Crippen LogP contribution is -2.44. The Bertz CT molecular complexity index is 732. The number of aromatic amines is 1. The zero-order chi connectivity index (χ0) is 17.0. The summed E-state index contributed by atoms with van der Waals surface area (Å²) in [6, 6.07) is 1.52. The summed E-state index contributed by atoms with van der Waals surface area (Å²) in [7, 11) is -3.31. The van der Waals surface area contributed by atoms with E-state index in [0.29, 0.717) is 30.3 Å². The first-order valence-electron chi connectivity index (χ1n) is 7.50. The molecule has 1 saturated heterocycles. The Morgan fingerprint density at radius 1 is 1.52 bits per heavy atom. The van der Waals surface area contributed by atoms with E-state index in [1.807, 2.05) is 6.92 Å². The number of H-pyrrole nitrogens is 1. The van der Waals surface area contributed by atoms with Gasteiger partial charge in [0.05, 0.1) is 11.7 Å². The van der Waals surface area contributed by atoms with Gasteiger partial charge in [-0.1, -0.05) is 6.92 Å². The molecule has 9 heteroatoms. The fourth-order valence-electron chi connectivity index (χ4n) is 2.58. The Balaban J connectivity index is 2.08. The highest BCUT2D eigenvalue weighted by atomic mass is 79.9. The van der Waals surface area contributed by atoms with Crippen molar-refractivity contribution in [2.45, 2.75) is 26.2 Å². The minimum Gasteiger partial charge on any atom is -0.326 e. The molecule has 1 aliphatic heterocycles. The van der Waals surface area contributed by atoms with Gasteiger partial charge in [0, 0.05) is 23.8 Å². The highest BCUT2D eigenvalue weighted by molar-refractivity contribution is 9.10. The third-order valence-electron chi connectivity index (χ3n) is 3.74. The number of hydrogen-bond donors (Lipinski definition) is 2. The normalized spacial score (nSPS) is 19.5. The van der Waals surface area contributed by atoms with Gasteiger partial charge in [0.25, 0.3) is 5.56 Å². The molecule has 1 aliphatic rings. The molecule has 0 spiro atoms. The van der Waals surface area contributed by atoms with Gasteiger partial charge in [-0.3, -0.25) is 9.59 Å². The van der Waals surface area contributed by atoms with Crippen LogP contribution in [0.4, 0.5) is 5.69 Å². The molecule has 0 saturated carbocycles. The van der Waals surface area contributed by atoms with Crippen molar-refractivity contribution >= 4 is 37.5 Å². The number of piperidine rings is 1. The second-order valence-electron chi connectivity index (χ2n) is 5.56. The minimum absolute atomic E-state index is 0.0899. The molecular weight excluding hydrogens is 386 g/mol. The van der Waals surface area contributed by atoms with Crippen LogP contribution < -0.4 is 10.9 Å². The number of halogens is 1. The van der Waals surface area contributed by atoms with E-state index < -0.39 is 21.5 Å². The van der Waals surface area contributed by atoms with Gasteiger partial charge in [0.15, 0.2) is 0 Å². The summed E-state index contributed by atoms with van der Waals surface area (Å²) in [6.07, 6.45) is 3.27. The molecular formula is C14H20BrN3O4S. The Kier molecular flexibility index (Phi) is 5.99. The van der Waals surface area contributed by atoms with Crippen LogP contribution in [0.5, 0.6) is 0 Å². The van der Waals surface area contributed by atoms with E-state index in [0.717, 1.165) is 0 Å². The maximum atomic E-state index is 12.4. The number of pyridine rings is 1. The van der Waals surface area contributed by atoms with Crippen LogP contribution >= 0.6 is 15.9 Å². The summed E-state index contributed by atoms with van der Waals surface area (Å²) < 4.78 is 26.3. The van der Waals surface area contributed by atoms with Crippen molar-refractivity contribution < 1.29 is 13.2 Å². The lowest BCUT2D eigenvalue weighted by Gasteiger charge is -2.31. The fourth-order valence-corrected chi connectivity index (χ4v) is 4.51. The molecule has 0 radical (unpaired) electrons. The Morgan fingerprint density at radius 2 is 2.26 bits per heavy atom. The van der Waals surface area contributed by atoms with Crippen molar-refractivity contribution in [2.24, 2.45) is 5.92 Å². The fraction of sp³-hybridized carbons (Fsp3) is 0.571. The summed E-state index contributed by atoms with van der Waals surface area (Å²) in [5, 5.41) is 2.59. The average Bonchev–Trinajstić information content (AvgIpc) is 2.51. The number of hydrogen-bond acceptors (Lipinski definition) is 4. The van der Waals surface area contributed by atoms with Gasteiger partial charge in [-0.25, -0.2) is 12.7 Å². The predicted molar refractivity (Wildman–Crippen MR) is 91.8 cm³/mol. The van der Waals surface area contributed by atoms with Crippen molar-refractivity contribution in [2.75, 3.05) is 24.2 Å². The number of amides is 1. The second-order valence-corrected chi connectivity index (χ2v) is 8.57. The first-order valence-corrected chi connectivity index (χ1v) is 9.90. The third-order valence-corrected chi connectivity index (χ3v) is 6.24. The zero-order valence-electron chi connectivity index (χ0n) is 12.8. The van der Waals surface area contributed by atoms with E-state index in [4.69, 9.17) is 0 Å². The van der Waals surface area contributed by atoms with E-state index in [9.17, 15) is 18.0 Å². The number of carbonyl (C=O) groups is 1. The predicted octanol–water partition coefficient (Wildman–Crippen LogP) is 1.53. The van der Waals surface area contributed by atoms with Crippen LogP contribution in [0.15, 0.2) is 21.5 Å². The van der Waals surface area contributed by atoms with Crippen LogP contribution in [0.25, 0.3) is 0 Å². The van der Waals surface area contributed by atoms with Crippen LogP contribution in [0, 0.1) is 5.92 Å². The first kappa shape index (κ1) is 18.2. The topological polar surface area (TPSA) is 99.3 Å². The summed E-state index contributed by atoms with van der Waals surface area (Å²) in [5.74, 6) is -0.689. The number of nitrogens with zero attached hydrogens (tertiary/aromatic N) is 1. The number of aromatic nitrogens is 1. The third kappa shape index (κ3) is 4.65. The van der Waals surface area contributed by atoms with Crippen LogP contribution in [0.1, 0.15) is 26.2 Å². The highest BCUT2D eigenvalue weighted by Crippen LogP contribution is 2.21. The summed E-state index contributed by atoms with van der Waals surface area (Å²) in [4.78, 5) is 26.6. The molecule has 1 atom stereocenters. The zero-order valence-corrected chi connectivity index (χ0v) is 15.2. The van der Waals surface area contributed by atoms with E-state index in [-0.39, 0.29) is 23.9 Å². The van der Waals surface area contributed by atoms with Gasteiger partial charge >= 0.3 is 0 Å². The molecule has 1 fully saturated rings. The van der Waals surface area contributed by atoms with Crippen LogP contribution in [-0.4, -0.2) is 42.5 Å². The lowest BCUT2D eigenvalue weighted by atomic mass is 9.99. The second kappa shape index (κ2) is 7.59. The number of anilines is 1. The van der Waals surface area contributed by atoms with Gasteiger partial charge in [-0.15, -0.1) is 0 Å². The van der Waals surface area contributed by atoms with Crippen molar-refractivity contribution in [3.05, 3.63) is 27.1 Å². The van der Waals surface area contributed by atoms with Gasteiger partial charge in [0.2, 0.25) is 15.9 Å². The minimum atomic E-state index is -3.31. The van der Waals surface area contributed by atoms with Crippen molar-refractivity contribution in [3.63, 3.8) is 0 Å². The molecule has 0 bridgehead atoms. The van der Waals surface area contributed by atoms with Gasteiger partial charge < -0.3 is 10.3 Å². The van der Waals surface area contributed by atoms with E-state index >= 15 is 0 Å². The Labute approximate surface area is 143 Å². The van der Waals surface area contributed by atoms with Gasteiger partial charge in [0.1, 0.15) is 5.69 Å². The largest absolute Gasteiger partial charge is 0.326 e. The first-order chi connectivity index (χ1) is 10.8. The average molecular weight is 406 g/mol. The summed E-state index contributed by atoms with van der Waals surface area (Å²) in [6.45, 7) is 2.43. The van der Waals surface area contributed by atoms with Gasteiger partial charge in [-0.05, 0) is 41.3 Å². The van der Waals surface area contributed by atoms with E-state index in [1.165, 1.54) is 16.6 Å². The smallest absolute Gasteiger partial charge is 0.271 e. The summed E-state index contributed by atoms with van der Waals surface area (Å²) in [5.41, 5.74) is -0.245. The van der Waals surface area contributed by atoms with E-state index in [2.05, 4.69) is 26.2 Å². The number of nitrogens with one attached hydrogen (secondary N) is 2. The van der Waals surface area contributed by atoms with Crippen molar-refractivity contribution in [3.8, 4) is 0 Å². The lowest BCUT2D eigenvalue weighted by molar-refractivity contribution is -0.120. The highest BCUT2D eigenvalue weighted by Gasteiger charge is 2.32. The van der Waals surface area contributed by atoms with Crippen LogP contribution in [0.3, 0.4) is 0 Å². The molecule has 1 aromatic rings. The van der Waals surface area contributed by atoms with E-state index in [1.54, 1.807) is 0 Å². The number of carbonyl (C=O) groups excluding carboxylic acids is 1. The number of rotatable bonds is 5. The van der Waals surface area contributed by atoms with Gasteiger partial charge in [-0.2, -0.15) is 0 Å². The number of sulfonamides is 1. The molecule has 0 aliphatic carbocycles. The van der Waals surface area contributed by atoms with Crippen LogP contribution in [-0.2, 0) is 14.8 Å². The SMILES string of the molecule is CCCS(=O)(=O)N1CCCC(C(=O)Nc2cc(Br)c[nH]c2=O)C1. The maximum Gasteiger partial charge on any atom is 0.271 e. The van der Waals surface area contributed by atoms with Crippen molar-refractivity contribution in [1.29, 1.82) is 0 Å². The molecule has 2 N–H and O–H groups in total. The summed E-state index contributed by atoms with van der Waals surface area (Å²) >= 11 is 3.23. The molecule has 23 heavy (non-hydrogen) atoms. The standard InChI is InChI=1S/C14H20BrN3O4S/c1-2-6-23(21,22)18-5-3-4-10(9-18)13(19)17-12-7-11(15)8-16-14(12)20/h7-8,10H,2-6,9H2,1H3,(H,16,20)(H,17,19). The maximum absolute atomic E-state index is 12.4. The van der Waals surface area contributed by atoms with Crippen molar-refractivity contribution in [1.82, 2.24) is 9.29 Å². The quantitative estimate of drug-likeness (QED) is 0.775. The molecule has 1 aromatic heterocycles. The molecule has 0 aromatic carbocycles. The Hall–Kier alpha value is -1.19. The molecule has 2 rings (SSSR count). The monoisotopic (exact) mass is 405 g/mol. The molecule has 7 nitrogen and oxygen atoms in total. The molecule has 1 amide bonds. The molecule has 128 valence electrons. The van der Waals surface area contributed by atoms with Crippen LogP contribution in [0.2, 0.25) is 0 Å². The molecule has 2 heterocycles.